The zero-order valence-corrected chi connectivity index (χ0v) is 24.6. The molecule has 15 heteroatoms. The van der Waals surface area contributed by atoms with E-state index in [0.717, 1.165) is 5.56 Å². The predicted octanol–water partition coefficient (Wildman–Crippen LogP) is 0.846. The molecule has 3 rings (SSSR count). The van der Waals surface area contributed by atoms with Crippen molar-refractivity contribution in [3.8, 4) is 0 Å². The van der Waals surface area contributed by atoms with E-state index in [9.17, 15) is 49.5 Å². The number of fused-ring (bicyclic) bond motifs is 2. The molecule has 1 aromatic carbocycles. The van der Waals surface area contributed by atoms with E-state index < -0.39 is 83.8 Å². The summed E-state index contributed by atoms with van der Waals surface area (Å²) >= 11 is 0. The Kier molecular flexibility index (Phi) is 10.1. The first kappa shape index (κ1) is 34.4. The molecule has 4 unspecified atom stereocenters. The largest absolute Gasteiger partial charge is 0.479 e. The Morgan fingerprint density at radius 3 is 2.16 bits per heavy atom. The van der Waals surface area contributed by atoms with E-state index in [1.54, 1.807) is 6.92 Å². The second kappa shape index (κ2) is 12.9. The highest BCUT2D eigenvalue weighted by molar-refractivity contribution is 5.98. The van der Waals surface area contributed by atoms with Gasteiger partial charge in [-0.3, -0.25) is 4.79 Å². The van der Waals surface area contributed by atoms with Crippen molar-refractivity contribution in [3.05, 3.63) is 48.0 Å². The molecule has 1 amide bonds. The van der Waals surface area contributed by atoms with Crippen LogP contribution in [0.5, 0.6) is 0 Å². The van der Waals surface area contributed by atoms with Crippen LogP contribution in [0.4, 0.5) is 4.79 Å². The summed E-state index contributed by atoms with van der Waals surface area (Å²) in [5, 5.41) is 55.0. The van der Waals surface area contributed by atoms with Gasteiger partial charge in [0.05, 0.1) is 0 Å². The van der Waals surface area contributed by atoms with E-state index in [2.05, 4.69) is 11.9 Å². The summed E-state index contributed by atoms with van der Waals surface area (Å²) in [6.07, 6.45) is -10.2. The van der Waals surface area contributed by atoms with Crippen LogP contribution in [-0.4, -0.2) is 103 Å². The second-order valence-electron chi connectivity index (χ2n) is 11.3. The molecule has 2 saturated heterocycles. The number of aliphatic hydroxyl groups is 2. The topological polar surface area (TPSA) is 235 Å². The molecule has 0 aromatic heterocycles. The third-order valence-electron chi connectivity index (χ3n) is 7.65. The summed E-state index contributed by atoms with van der Waals surface area (Å²) in [5.74, 6) is -10.3. The van der Waals surface area contributed by atoms with Gasteiger partial charge in [-0.2, -0.15) is 0 Å². The van der Waals surface area contributed by atoms with Gasteiger partial charge in [0.15, 0.2) is 6.10 Å². The Morgan fingerprint density at radius 1 is 1.05 bits per heavy atom. The lowest BCUT2D eigenvalue weighted by molar-refractivity contribution is -0.373. The number of hydrogen-bond donors (Lipinski definition) is 6. The van der Waals surface area contributed by atoms with Crippen LogP contribution in [0.25, 0.3) is 0 Å². The molecular formula is C29H37NO14. The summed E-state index contributed by atoms with van der Waals surface area (Å²) in [6, 6.07) is 8.70. The molecule has 2 aliphatic heterocycles. The van der Waals surface area contributed by atoms with Crippen LogP contribution in [0, 0.1) is 5.92 Å². The molecule has 15 nitrogen and oxygen atoms in total. The molecule has 2 aliphatic rings. The van der Waals surface area contributed by atoms with Gasteiger partial charge in [-0.1, -0.05) is 43.8 Å². The Bertz CT molecular complexity index is 1300. The molecule has 242 valence electrons. The second-order valence-corrected chi connectivity index (χ2v) is 11.3. The molecule has 2 fully saturated rings. The predicted molar refractivity (Wildman–Crippen MR) is 147 cm³/mol. The van der Waals surface area contributed by atoms with E-state index in [0.29, 0.717) is 6.42 Å². The highest BCUT2D eigenvalue weighted by Gasteiger charge is 2.85. The van der Waals surface area contributed by atoms with Gasteiger partial charge in [-0.15, -0.1) is 0 Å². The maximum atomic E-state index is 12.8. The quantitative estimate of drug-likeness (QED) is 0.132. The third kappa shape index (κ3) is 6.13. The number of amides is 1. The number of ether oxygens (including phenoxy) is 4. The van der Waals surface area contributed by atoms with E-state index in [1.165, 1.54) is 20.8 Å². The van der Waals surface area contributed by atoms with Gasteiger partial charge in [0.2, 0.25) is 17.5 Å². The van der Waals surface area contributed by atoms with E-state index >= 15 is 0 Å². The fourth-order valence-corrected chi connectivity index (χ4v) is 5.68. The summed E-state index contributed by atoms with van der Waals surface area (Å²) in [7, 11) is 0. The fourth-order valence-electron chi connectivity index (χ4n) is 5.68. The average molecular weight is 624 g/mol. The maximum Gasteiger partial charge on any atom is 0.407 e. The SMILES string of the molecule is C=C(CCC12OC(C(=O)O)C(O)(C(=O)O)C(C(=O)O)(O1)[C@H](OC(=O)NC(C)C)[C@H]2O)[C@@H](OC(C)=O)[C@H](C)Cc1ccccc1. The van der Waals surface area contributed by atoms with Crippen molar-refractivity contribution in [1.82, 2.24) is 5.32 Å². The summed E-state index contributed by atoms with van der Waals surface area (Å²) in [4.78, 5) is 61.9. The molecule has 1 aromatic rings. The number of benzene rings is 1. The maximum absolute atomic E-state index is 12.8. The van der Waals surface area contributed by atoms with Gasteiger partial charge < -0.3 is 49.8 Å². The molecule has 0 spiro atoms. The van der Waals surface area contributed by atoms with Gasteiger partial charge >= 0.3 is 30.0 Å². The van der Waals surface area contributed by atoms with Crippen LogP contribution in [-0.2, 0) is 44.5 Å². The number of carboxylic acids is 3. The zero-order valence-electron chi connectivity index (χ0n) is 24.6. The van der Waals surface area contributed by atoms with Gasteiger partial charge in [-0.05, 0) is 37.8 Å². The summed E-state index contributed by atoms with van der Waals surface area (Å²) in [5.41, 5.74) is -6.27. The van der Waals surface area contributed by atoms with Crippen molar-refractivity contribution in [2.24, 2.45) is 5.92 Å². The fraction of sp³-hybridized carbons (Fsp3) is 0.552. The zero-order chi connectivity index (χ0) is 33.2. The number of carboxylic acid groups (broad SMARTS) is 3. The van der Waals surface area contributed by atoms with Gasteiger partial charge in [0.1, 0.15) is 12.2 Å². The standard InChI is InChI=1S/C29H37NO14/c1-14(2)30-26(39)42-21-20(32)27(43-22(23(33)34)28(40,24(35)36)29(21,44-27)25(37)38)12-11-15(3)19(41-17(5)31)16(4)13-18-9-7-6-8-10-18/h6-10,14,16,19-22,32,40H,3,11-13H2,1-2,4-5H3,(H,30,39)(H,33,34)(H,35,36)(H,37,38)/t16-,19-,20-,21-,22?,27?,28?,29?/m1/s1. The average Bonchev–Trinajstić information content (AvgIpc) is 3.14. The van der Waals surface area contributed by atoms with Crippen LogP contribution in [0.3, 0.4) is 0 Å². The molecule has 2 bridgehead atoms. The Hall–Kier alpha value is -4.05. The minimum absolute atomic E-state index is 0.242. The molecule has 8 atom stereocenters. The number of carbonyl (C=O) groups excluding carboxylic acids is 2. The first-order chi connectivity index (χ1) is 20.4. The van der Waals surface area contributed by atoms with Crippen molar-refractivity contribution in [2.75, 3.05) is 0 Å². The van der Waals surface area contributed by atoms with Crippen molar-refractivity contribution >= 4 is 30.0 Å². The lowest BCUT2D eigenvalue weighted by atomic mass is 9.74. The number of carbonyl (C=O) groups is 5. The molecule has 2 heterocycles. The number of hydrogen-bond acceptors (Lipinski definition) is 11. The number of nitrogens with one attached hydrogen (secondary N) is 1. The number of aliphatic carboxylic acids is 3. The van der Waals surface area contributed by atoms with Crippen molar-refractivity contribution < 1.29 is 68.5 Å². The van der Waals surface area contributed by atoms with Crippen LogP contribution in [0.1, 0.15) is 46.1 Å². The molecule has 0 radical (unpaired) electrons. The number of aliphatic hydroxyl groups excluding tert-OH is 1. The van der Waals surface area contributed by atoms with Crippen LogP contribution in [0.15, 0.2) is 42.5 Å². The van der Waals surface area contributed by atoms with Crippen molar-refractivity contribution in [2.45, 2.75) is 94.4 Å². The molecule has 44 heavy (non-hydrogen) atoms. The van der Waals surface area contributed by atoms with E-state index in [1.807, 2.05) is 30.3 Å². The Labute approximate surface area is 252 Å². The number of alkyl carbamates (subject to hydrolysis) is 1. The molecule has 0 saturated carbocycles. The molecule has 0 aliphatic carbocycles. The minimum Gasteiger partial charge on any atom is -0.479 e. The van der Waals surface area contributed by atoms with Crippen molar-refractivity contribution in [3.63, 3.8) is 0 Å². The number of rotatable bonds is 13. The lowest BCUT2D eigenvalue weighted by Crippen LogP contribution is -2.78. The molecular weight excluding hydrogens is 586 g/mol. The van der Waals surface area contributed by atoms with Crippen LogP contribution >= 0.6 is 0 Å². The Balaban J connectivity index is 2.03. The highest BCUT2D eigenvalue weighted by Crippen LogP contribution is 2.55. The van der Waals surface area contributed by atoms with E-state index in [-0.39, 0.29) is 17.9 Å². The van der Waals surface area contributed by atoms with Crippen LogP contribution in [0.2, 0.25) is 0 Å². The lowest BCUT2D eigenvalue weighted by Gasteiger charge is -2.48. The minimum atomic E-state index is -3.89. The third-order valence-corrected chi connectivity index (χ3v) is 7.65. The van der Waals surface area contributed by atoms with Crippen molar-refractivity contribution in [1.29, 1.82) is 0 Å². The van der Waals surface area contributed by atoms with Gasteiger partial charge in [0.25, 0.3) is 5.60 Å². The first-order valence-electron chi connectivity index (χ1n) is 13.8. The Morgan fingerprint density at radius 2 is 1.66 bits per heavy atom. The summed E-state index contributed by atoms with van der Waals surface area (Å²) < 4.78 is 21.6. The van der Waals surface area contributed by atoms with Gasteiger partial charge in [0, 0.05) is 25.3 Å². The smallest absolute Gasteiger partial charge is 0.407 e. The monoisotopic (exact) mass is 623 g/mol. The normalized spacial score (nSPS) is 30.6. The number of esters is 1. The van der Waals surface area contributed by atoms with Gasteiger partial charge in [-0.25, -0.2) is 19.2 Å². The summed E-state index contributed by atoms with van der Waals surface area (Å²) in [6.45, 7) is 10.0. The highest BCUT2D eigenvalue weighted by atomic mass is 16.8. The first-order valence-corrected chi connectivity index (χ1v) is 13.8. The van der Waals surface area contributed by atoms with Crippen LogP contribution < -0.4 is 5.32 Å². The molecule has 6 N–H and O–H groups in total. The van der Waals surface area contributed by atoms with E-state index in [4.69, 9.17) is 18.9 Å².